The third kappa shape index (κ3) is 5.51. The Balaban J connectivity index is 2.52. The van der Waals surface area contributed by atoms with Crippen molar-refractivity contribution in [3.63, 3.8) is 0 Å². The first kappa shape index (κ1) is 15.7. The zero-order valence-corrected chi connectivity index (χ0v) is 11.7. The molecule has 0 aliphatic carbocycles. The minimum atomic E-state index is 0.0780. The molecule has 0 heterocycles. The van der Waals surface area contributed by atoms with Gasteiger partial charge in [0.1, 0.15) is 6.34 Å². The molecule has 108 valence electrons. The summed E-state index contributed by atoms with van der Waals surface area (Å²) in [6.45, 7) is 2.58. The Morgan fingerprint density at radius 2 is 2.05 bits per heavy atom. The summed E-state index contributed by atoms with van der Waals surface area (Å²) in [4.78, 5) is 11.5. The van der Waals surface area contributed by atoms with E-state index in [1.807, 2.05) is 24.3 Å². The zero-order valence-electron chi connectivity index (χ0n) is 11.7. The summed E-state index contributed by atoms with van der Waals surface area (Å²) >= 11 is 0. The lowest BCUT2D eigenvalue weighted by molar-refractivity contribution is -0.121. The van der Waals surface area contributed by atoms with E-state index < -0.39 is 0 Å². The van der Waals surface area contributed by atoms with E-state index in [0.29, 0.717) is 18.8 Å². The molecule has 0 unspecified atom stereocenters. The molecule has 0 aliphatic rings. The Labute approximate surface area is 119 Å². The predicted molar refractivity (Wildman–Crippen MR) is 81.2 cm³/mol. The van der Waals surface area contributed by atoms with E-state index in [4.69, 9.17) is 11.5 Å². The number of carbonyl (C=O) groups is 1. The highest BCUT2D eigenvalue weighted by atomic mass is 16.1. The van der Waals surface area contributed by atoms with Gasteiger partial charge < -0.3 is 16.8 Å². The number of carbonyl (C=O) groups excluding carboxylic acids is 1. The number of amides is 1. The van der Waals surface area contributed by atoms with Crippen LogP contribution in [0, 0.1) is 0 Å². The van der Waals surface area contributed by atoms with Crippen molar-refractivity contribution in [2.24, 2.45) is 21.7 Å². The van der Waals surface area contributed by atoms with Crippen LogP contribution in [0.5, 0.6) is 0 Å². The van der Waals surface area contributed by atoms with Crippen LogP contribution in [-0.4, -0.2) is 18.1 Å². The smallest absolute Gasteiger partial charge is 0.220 e. The quantitative estimate of drug-likeness (QED) is 0.394. The number of nitrogens with two attached hydrogens (primary N) is 2. The van der Waals surface area contributed by atoms with E-state index in [1.165, 1.54) is 0 Å². The first-order valence-corrected chi connectivity index (χ1v) is 6.60. The fraction of sp³-hybridized carbons (Fsp3) is 0.357. The first-order chi connectivity index (χ1) is 9.67. The summed E-state index contributed by atoms with van der Waals surface area (Å²) in [5, 5.41) is 10.1. The van der Waals surface area contributed by atoms with Gasteiger partial charge in [-0.1, -0.05) is 37.6 Å². The lowest BCUT2D eigenvalue weighted by Gasteiger charge is -2.06. The number of unbranched alkanes of at least 4 members (excludes halogenated alkanes) is 1. The molecular weight excluding hydrogens is 254 g/mol. The van der Waals surface area contributed by atoms with E-state index in [-0.39, 0.29) is 5.91 Å². The SMILES string of the molecule is CCCCC(=O)NCc1ccc(/C(N)=N/N=C\N)cc1. The third-order valence-corrected chi connectivity index (χ3v) is 2.73. The highest BCUT2D eigenvalue weighted by Crippen LogP contribution is 2.05. The number of hydrogen-bond donors (Lipinski definition) is 3. The first-order valence-electron chi connectivity index (χ1n) is 6.60. The number of benzene rings is 1. The Morgan fingerprint density at radius 3 is 2.65 bits per heavy atom. The van der Waals surface area contributed by atoms with Crippen molar-refractivity contribution in [3.8, 4) is 0 Å². The minimum Gasteiger partial charge on any atom is -0.388 e. The molecule has 0 bridgehead atoms. The highest BCUT2D eigenvalue weighted by Gasteiger charge is 2.02. The molecule has 0 spiro atoms. The number of amidine groups is 1. The second-order valence-corrected chi connectivity index (χ2v) is 4.33. The largest absolute Gasteiger partial charge is 0.388 e. The van der Waals surface area contributed by atoms with Crippen molar-refractivity contribution >= 4 is 18.1 Å². The summed E-state index contributed by atoms with van der Waals surface area (Å²) in [5.41, 5.74) is 12.6. The van der Waals surface area contributed by atoms with Crippen LogP contribution in [0.15, 0.2) is 34.5 Å². The van der Waals surface area contributed by atoms with Gasteiger partial charge in [-0.2, -0.15) is 0 Å². The van der Waals surface area contributed by atoms with Gasteiger partial charge in [-0.05, 0) is 12.0 Å². The standard InChI is InChI=1S/C14H21N5O/c1-2-3-4-13(20)17-9-11-5-7-12(8-6-11)14(16)19-18-10-15/h5-8,10H,2-4,9H2,1H3,(H2,15,18)(H2,16,19)(H,17,20). The molecule has 0 saturated heterocycles. The lowest BCUT2D eigenvalue weighted by Crippen LogP contribution is -2.22. The second-order valence-electron chi connectivity index (χ2n) is 4.33. The molecule has 6 heteroatoms. The Morgan fingerprint density at radius 1 is 1.35 bits per heavy atom. The van der Waals surface area contributed by atoms with Gasteiger partial charge in [0.15, 0.2) is 5.84 Å². The van der Waals surface area contributed by atoms with Crippen LogP contribution in [0.4, 0.5) is 0 Å². The molecule has 0 fully saturated rings. The fourth-order valence-electron chi connectivity index (χ4n) is 1.57. The molecule has 1 rings (SSSR count). The number of nitrogens with one attached hydrogen (secondary N) is 1. The molecule has 1 aromatic carbocycles. The molecule has 6 nitrogen and oxygen atoms in total. The molecular formula is C14H21N5O. The van der Waals surface area contributed by atoms with Crippen LogP contribution in [0.2, 0.25) is 0 Å². The van der Waals surface area contributed by atoms with E-state index in [1.54, 1.807) is 0 Å². The Bertz CT molecular complexity index is 479. The Hall–Kier alpha value is -2.37. The van der Waals surface area contributed by atoms with Gasteiger partial charge in [0.25, 0.3) is 0 Å². The molecule has 0 radical (unpaired) electrons. The number of nitrogens with zero attached hydrogens (tertiary/aromatic N) is 2. The van der Waals surface area contributed by atoms with Crippen LogP contribution >= 0.6 is 0 Å². The van der Waals surface area contributed by atoms with E-state index in [9.17, 15) is 4.79 Å². The van der Waals surface area contributed by atoms with Crippen molar-refractivity contribution in [2.75, 3.05) is 0 Å². The summed E-state index contributed by atoms with van der Waals surface area (Å²) in [6, 6.07) is 7.45. The summed E-state index contributed by atoms with van der Waals surface area (Å²) in [7, 11) is 0. The summed E-state index contributed by atoms with van der Waals surface area (Å²) in [6.07, 6.45) is 3.59. The maximum atomic E-state index is 11.5. The van der Waals surface area contributed by atoms with E-state index >= 15 is 0 Å². The topological polar surface area (TPSA) is 106 Å². The fourth-order valence-corrected chi connectivity index (χ4v) is 1.57. The van der Waals surface area contributed by atoms with Gasteiger partial charge in [0, 0.05) is 18.5 Å². The van der Waals surface area contributed by atoms with Crippen molar-refractivity contribution in [2.45, 2.75) is 32.7 Å². The molecule has 0 saturated carbocycles. The van der Waals surface area contributed by atoms with Gasteiger partial charge in [-0.3, -0.25) is 4.79 Å². The molecule has 1 amide bonds. The maximum absolute atomic E-state index is 11.5. The molecule has 0 aliphatic heterocycles. The predicted octanol–water partition coefficient (Wildman–Crippen LogP) is 1.10. The van der Waals surface area contributed by atoms with Gasteiger partial charge in [-0.15, -0.1) is 10.2 Å². The van der Waals surface area contributed by atoms with Crippen LogP contribution in [-0.2, 0) is 11.3 Å². The minimum absolute atomic E-state index is 0.0780. The maximum Gasteiger partial charge on any atom is 0.220 e. The Kier molecular flexibility index (Phi) is 6.81. The van der Waals surface area contributed by atoms with Gasteiger partial charge in [0.05, 0.1) is 0 Å². The lowest BCUT2D eigenvalue weighted by atomic mass is 10.1. The average molecular weight is 275 g/mol. The second kappa shape index (κ2) is 8.68. The molecule has 0 aromatic heterocycles. The third-order valence-electron chi connectivity index (χ3n) is 2.73. The van der Waals surface area contributed by atoms with E-state index in [2.05, 4.69) is 22.4 Å². The molecule has 5 N–H and O–H groups in total. The molecule has 1 aromatic rings. The molecule has 0 atom stereocenters. The zero-order chi connectivity index (χ0) is 14.8. The monoisotopic (exact) mass is 275 g/mol. The van der Waals surface area contributed by atoms with Crippen LogP contribution < -0.4 is 16.8 Å². The van der Waals surface area contributed by atoms with Gasteiger partial charge in [-0.25, -0.2) is 0 Å². The highest BCUT2D eigenvalue weighted by molar-refractivity contribution is 5.97. The van der Waals surface area contributed by atoms with Crippen molar-refractivity contribution in [1.29, 1.82) is 0 Å². The van der Waals surface area contributed by atoms with Crippen LogP contribution in [0.1, 0.15) is 37.3 Å². The van der Waals surface area contributed by atoms with Crippen LogP contribution in [0.3, 0.4) is 0 Å². The summed E-state index contributed by atoms with van der Waals surface area (Å²) < 4.78 is 0. The van der Waals surface area contributed by atoms with Gasteiger partial charge in [0.2, 0.25) is 5.91 Å². The van der Waals surface area contributed by atoms with E-state index in [0.717, 1.165) is 30.3 Å². The normalized spacial score (nSPS) is 11.8. The van der Waals surface area contributed by atoms with Crippen molar-refractivity contribution in [3.05, 3.63) is 35.4 Å². The summed E-state index contributed by atoms with van der Waals surface area (Å²) in [5.74, 6) is 0.375. The average Bonchev–Trinajstić information content (AvgIpc) is 2.49. The van der Waals surface area contributed by atoms with Crippen molar-refractivity contribution in [1.82, 2.24) is 5.32 Å². The van der Waals surface area contributed by atoms with Crippen LogP contribution in [0.25, 0.3) is 0 Å². The van der Waals surface area contributed by atoms with Crippen molar-refractivity contribution < 1.29 is 4.79 Å². The molecule has 20 heavy (non-hydrogen) atoms. The number of hydrogen-bond acceptors (Lipinski definition) is 3. The number of rotatable bonds is 7. The van der Waals surface area contributed by atoms with Gasteiger partial charge >= 0.3 is 0 Å².